The van der Waals surface area contributed by atoms with Crippen molar-refractivity contribution in [3.63, 3.8) is 0 Å². The second-order valence-corrected chi connectivity index (χ2v) is 8.26. The van der Waals surface area contributed by atoms with E-state index in [1.54, 1.807) is 0 Å². The Morgan fingerprint density at radius 1 is 1.14 bits per heavy atom. The number of nitrogens with one attached hydrogen (secondary N) is 1. The molecule has 1 spiro atoms. The number of rotatable bonds is 2. The lowest BCUT2D eigenvalue weighted by molar-refractivity contribution is 0.0519. The maximum Gasteiger partial charge on any atom is 0.0473 e. The molecule has 21 heavy (non-hydrogen) atoms. The quantitative estimate of drug-likeness (QED) is 0.884. The average Bonchev–Trinajstić information content (AvgIpc) is 2.86. The van der Waals surface area contributed by atoms with Gasteiger partial charge < -0.3 is 5.32 Å². The van der Waals surface area contributed by atoms with E-state index in [1.165, 1.54) is 44.3 Å². The maximum atomic E-state index is 3.92. The fourth-order valence-corrected chi connectivity index (χ4v) is 4.16. The van der Waals surface area contributed by atoms with Crippen molar-refractivity contribution in [2.45, 2.75) is 58.0 Å². The zero-order valence-electron chi connectivity index (χ0n) is 13.9. The van der Waals surface area contributed by atoms with Gasteiger partial charge in [0, 0.05) is 31.2 Å². The van der Waals surface area contributed by atoms with E-state index < -0.39 is 0 Å². The number of piperazine rings is 1. The van der Waals surface area contributed by atoms with Gasteiger partial charge in [-0.2, -0.15) is 0 Å². The molecule has 0 amide bonds. The third-order valence-electron chi connectivity index (χ3n) is 5.04. The summed E-state index contributed by atoms with van der Waals surface area (Å²) in [5.41, 5.74) is 2.21. The minimum absolute atomic E-state index is 0.351. The Balaban J connectivity index is 1.82. The second kappa shape index (κ2) is 5.73. The zero-order valence-corrected chi connectivity index (χ0v) is 13.9. The lowest BCUT2D eigenvalue weighted by Gasteiger charge is -2.48. The minimum atomic E-state index is 0.351. The van der Waals surface area contributed by atoms with Crippen LogP contribution in [0.4, 0.5) is 0 Å². The SMILES string of the molecule is CC(C)(C)CN1CC2(CCCC2)NCC1c1ccccc1. The van der Waals surface area contributed by atoms with Gasteiger partial charge in [0.25, 0.3) is 0 Å². The molecule has 1 aliphatic heterocycles. The molecular weight excluding hydrogens is 256 g/mol. The summed E-state index contributed by atoms with van der Waals surface area (Å²) in [5.74, 6) is 0. The van der Waals surface area contributed by atoms with Gasteiger partial charge in [0.05, 0.1) is 0 Å². The molecule has 0 aromatic heterocycles. The summed E-state index contributed by atoms with van der Waals surface area (Å²) in [6, 6.07) is 11.6. The Labute approximate surface area is 129 Å². The number of hydrogen-bond donors (Lipinski definition) is 1. The predicted octanol–water partition coefficient (Wildman–Crippen LogP) is 3.99. The van der Waals surface area contributed by atoms with Gasteiger partial charge in [-0.05, 0) is 23.8 Å². The summed E-state index contributed by atoms with van der Waals surface area (Å²) in [5, 5.41) is 3.92. The predicted molar refractivity (Wildman–Crippen MR) is 89.4 cm³/mol. The van der Waals surface area contributed by atoms with E-state index >= 15 is 0 Å². The van der Waals surface area contributed by atoms with E-state index in [9.17, 15) is 0 Å². The lowest BCUT2D eigenvalue weighted by Crippen LogP contribution is -2.61. The van der Waals surface area contributed by atoms with Crippen LogP contribution in [0.15, 0.2) is 30.3 Å². The van der Waals surface area contributed by atoms with Crippen molar-refractivity contribution in [1.82, 2.24) is 10.2 Å². The van der Waals surface area contributed by atoms with E-state index in [4.69, 9.17) is 0 Å². The lowest BCUT2D eigenvalue weighted by atomic mass is 9.87. The van der Waals surface area contributed by atoms with Crippen molar-refractivity contribution < 1.29 is 0 Å². The zero-order chi connectivity index (χ0) is 14.9. The molecule has 2 aliphatic rings. The molecule has 0 bridgehead atoms. The Hall–Kier alpha value is -0.860. The van der Waals surface area contributed by atoms with Crippen LogP contribution in [-0.4, -0.2) is 30.1 Å². The van der Waals surface area contributed by atoms with Gasteiger partial charge in [-0.1, -0.05) is 63.9 Å². The summed E-state index contributed by atoms with van der Waals surface area (Å²) in [4.78, 5) is 2.75. The fourth-order valence-electron chi connectivity index (χ4n) is 4.16. The summed E-state index contributed by atoms with van der Waals surface area (Å²) in [6.07, 6.45) is 5.50. The van der Waals surface area contributed by atoms with Crippen LogP contribution < -0.4 is 5.32 Å². The molecule has 2 nitrogen and oxygen atoms in total. The monoisotopic (exact) mass is 286 g/mol. The van der Waals surface area contributed by atoms with Gasteiger partial charge in [0.15, 0.2) is 0 Å². The van der Waals surface area contributed by atoms with Crippen molar-refractivity contribution in [2.24, 2.45) is 5.41 Å². The topological polar surface area (TPSA) is 15.3 Å². The highest BCUT2D eigenvalue weighted by Gasteiger charge is 2.42. The van der Waals surface area contributed by atoms with Crippen LogP contribution in [-0.2, 0) is 0 Å². The van der Waals surface area contributed by atoms with Crippen LogP contribution in [0, 0.1) is 5.41 Å². The van der Waals surface area contributed by atoms with E-state index in [1.807, 2.05) is 0 Å². The first-order chi connectivity index (χ1) is 9.98. The van der Waals surface area contributed by atoms with Gasteiger partial charge in [0.2, 0.25) is 0 Å². The molecule has 1 N–H and O–H groups in total. The number of benzene rings is 1. The molecule has 1 saturated carbocycles. The summed E-state index contributed by atoms with van der Waals surface area (Å²) in [6.45, 7) is 10.6. The largest absolute Gasteiger partial charge is 0.308 e. The highest BCUT2D eigenvalue weighted by atomic mass is 15.3. The van der Waals surface area contributed by atoms with E-state index in [2.05, 4.69) is 61.3 Å². The standard InChI is InChI=1S/C19H30N2/c1-18(2,3)14-21-15-19(11-7-8-12-19)20-13-17(21)16-9-5-4-6-10-16/h4-6,9-10,17,20H,7-8,11-15H2,1-3H3. The Morgan fingerprint density at radius 2 is 1.81 bits per heavy atom. The van der Waals surface area contributed by atoms with Gasteiger partial charge in [-0.3, -0.25) is 4.90 Å². The number of nitrogens with zero attached hydrogens (tertiary/aromatic N) is 1. The molecule has 1 unspecified atom stereocenters. The van der Waals surface area contributed by atoms with Crippen LogP contribution >= 0.6 is 0 Å². The molecule has 3 rings (SSSR count). The maximum absolute atomic E-state index is 3.92. The van der Waals surface area contributed by atoms with Crippen molar-refractivity contribution in [2.75, 3.05) is 19.6 Å². The van der Waals surface area contributed by atoms with Crippen molar-refractivity contribution in [3.05, 3.63) is 35.9 Å². The summed E-state index contributed by atoms with van der Waals surface area (Å²) in [7, 11) is 0. The first-order valence-electron chi connectivity index (χ1n) is 8.52. The van der Waals surface area contributed by atoms with Crippen LogP contribution in [0.2, 0.25) is 0 Å². The molecule has 2 fully saturated rings. The third kappa shape index (κ3) is 3.49. The first kappa shape index (κ1) is 15.1. The Morgan fingerprint density at radius 3 is 2.43 bits per heavy atom. The molecule has 1 aromatic carbocycles. The van der Waals surface area contributed by atoms with E-state index in [-0.39, 0.29) is 0 Å². The van der Waals surface area contributed by atoms with Crippen molar-refractivity contribution in [3.8, 4) is 0 Å². The molecule has 1 heterocycles. The van der Waals surface area contributed by atoms with Crippen LogP contribution in [0.3, 0.4) is 0 Å². The van der Waals surface area contributed by atoms with Crippen LogP contribution in [0.25, 0.3) is 0 Å². The molecule has 1 aliphatic carbocycles. The fraction of sp³-hybridized carbons (Fsp3) is 0.684. The number of hydrogen-bond acceptors (Lipinski definition) is 2. The van der Waals surface area contributed by atoms with Gasteiger partial charge in [-0.25, -0.2) is 0 Å². The first-order valence-corrected chi connectivity index (χ1v) is 8.52. The summed E-state index contributed by atoms with van der Waals surface area (Å²) < 4.78 is 0. The van der Waals surface area contributed by atoms with Crippen LogP contribution in [0.1, 0.15) is 58.1 Å². The molecule has 116 valence electrons. The van der Waals surface area contributed by atoms with Gasteiger partial charge >= 0.3 is 0 Å². The summed E-state index contributed by atoms with van der Waals surface area (Å²) >= 11 is 0. The molecular formula is C19H30N2. The molecule has 1 atom stereocenters. The second-order valence-electron chi connectivity index (χ2n) is 8.26. The molecule has 1 saturated heterocycles. The molecule has 1 aromatic rings. The average molecular weight is 286 g/mol. The smallest absolute Gasteiger partial charge is 0.0473 e. The van der Waals surface area contributed by atoms with Crippen molar-refractivity contribution >= 4 is 0 Å². The Kier molecular flexibility index (Phi) is 4.11. The Bertz CT molecular complexity index is 454. The van der Waals surface area contributed by atoms with Crippen LogP contribution in [0.5, 0.6) is 0 Å². The molecule has 0 radical (unpaired) electrons. The van der Waals surface area contributed by atoms with Gasteiger partial charge in [0.1, 0.15) is 0 Å². The van der Waals surface area contributed by atoms with E-state index in [0.29, 0.717) is 17.0 Å². The van der Waals surface area contributed by atoms with E-state index in [0.717, 1.165) is 6.54 Å². The van der Waals surface area contributed by atoms with Crippen molar-refractivity contribution in [1.29, 1.82) is 0 Å². The van der Waals surface area contributed by atoms with Gasteiger partial charge in [-0.15, -0.1) is 0 Å². The normalized spacial score (nSPS) is 26.3. The minimum Gasteiger partial charge on any atom is -0.308 e. The molecule has 2 heteroatoms. The highest BCUT2D eigenvalue weighted by molar-refractivity contribution is 5.21. The third-order valence-corrected chi connectivity index (χ3v) is 5.04. The highest BCUT2D eigenvalue weighted by Crippen LogP contribution is 2.37.